The molecular formula is C19H23NO2. The lowest BCUT2D eigenvalue weighted by atomic mass is 9.62. The van der Waals surface area contributed by atoms with Crippen LogP contribution in [0.15, 0.2) is 29.3 Å². The Kier molecular flexibility index (Phi) is 3.98. The second-order valence-electron chi connectivity index (χ2n) is 6.76. The van der Waals surface area contributed by atoms with Crippen molar-refractivity contribution in [1.82, 2.24) is 4.98 Å². The van der Waals surface area contributed by atoms with Crippen molar-refractivity contribution in [1.29, 1.82) is 0 Å². The van der Waals surface area contributed by atoms with E-state index in [4.69, 9.17) is 0 Å². The zero-order valence-corrected chi connectivity index (χ0v) is 13.4. The molecule has 3 heteroatoms. The standard InChI is InChI=1S/C19H23NO2/c1-13-5-3-6-14(20-13)9-10-15-16-7-4-8-18(22)19(16,2)12-11-17(15)21/h3,5-6H,4,7-12H2,1-2H3. The number of allylic oxidation sites excluding steroid dienone is 2. The third kappa shape index (κ3) is 2.65. The van der Waals surface area contributed by atoms with Crippen molar-refractivity contribution in [2.24, 2.45) is 5.41 Å². The summed E-state index contributed by atoms with van der Waals surface area (Å²) in [5, 5.41) is 0. The predicted molar refractivity (Wildman–Crippen MR) is 85.5 cm³/mol. The molecule has 1 saturated carbocycles. The molecule has 0 amide bonds. The summed E-state index contributed by atoms with van der Waals surface area (Å²) in [5.74, 6) is 0.572. The highest BCUT2D eigenvalue weighted by Gasteiger charge is 2.44. The predicted octanol–water partition coefficient (Wildman–Crippen LogP) is 3.74. The maximum absolute atomic E-state index is 12.4. The van der Waals surface area contributed by atoms with Gasteiger partial charge in [0.2, 0.25) is 0 Å². The Morgan fingerprint density at radius 3 is 2.73 bits per heavy atom. The van der Waals surface area contributed by atoms with Crippen LogP contribution in [0.2, 0.25) is 0 Å². The van der Waals surface area contributed by atoms with E-state index in [-0.39, 0.29) is 11.2 Å². The molecule has 1 aromatic rings. The van der Waals surface area contributed by atoms with E-state index in [9.17, 15) is 9.59 Å². The minimum absolute atomic E-state index is 0.245. The molecule has 1 heterocycles. The first-order chi connectivity index (χ1) is 10.5. The van der Waals surface area contributed by atoms with Crippen molar-refractivity contribution >= 4 is 11.6 Å². The van der Waals surface area contributed by atoms with Crippen molar-refractivity contribution in [3.05, 3.63) is 40.7 Å². The lowest BCUT2D eigenvalue weighted by Gasteiger charge is -2.39. The van der Waals surface area contributed by atoms with Crippen molar-refractivity contribution in [2.75, 3.05) is 0 Å². The molecule has 1 fully saturated rings. The molecular weight excluding hydrogens is 274 g/mol. The highest BCUT2D eigenvalue weighted by Crippen LogP contribution is 2.47. The number of nitrogens with zero attached hydrogens (tertiary/aromatic N) is 1. The lowest BCUT2D eigenvalue weighted by Crippen LogP contribution is -2.38. The van der Waals surface area contributed by atoms with E-state index in [0.29, 0.717) is 31.5 Å². The topological polar surface area (TPSA) is 47.0 Å². The van der Waals surface area contributed by atoms with Crippen molar-refractivity contribution in [3.8, 4) is 0 Å². The first kappa shape index (κ1) is 15.1. The Morgan fingerprint density at radius 1 is 1.14 bits per heavy atom. The van der Waals surface area contributed by atoms with E-state index in [0.717, 1.165) is 41.8 Å². The number of pyridine rings is 1. The van der Waals surface area contributed by atoms with Gasteiger partial charge in [-0.1, -0.05) is 11.6 Å². The van der Waals surface area contributed by atoms with E-state index in [1.807, 2.05) is 32.0 Å². The average molecular weight is 297 g/mol. The number of carbonyl (C=O) groups excluding carboxylic acids is 2. The summed E-state index contributed by atoms with van der Waals surface area (Å²) in [4.78, 5) is 29.3. The molecule has 1 atom stereocenters. The van der Waals surface area contributed by atoms with Gasteiger partial charge in [0.15, 0.2) is 5.78 Å². The summed E-state index contributed by atoms with van der Waals surface area (Å²) in [5.41, 5.74) is 3.71. The van der Waals surface area contributed by atoms with Gasteiger partial charge in [0, 0.05) is 29.6 Å². The Labute approximate surface area is 131 Å². The second kappa shape index (κ2) is 5.79. The Bertz CT molecular complexity index is 659. The monoisotopic (exact) mass is 297 g/mol. The van der Waals surface area contributed by atoms with Crippen LogP contribution in [-0.4, -0.2) is 16.6 Å². The number of aromatic nitrogens is 1. The molecule has 2 aliphatic rings. The summed E-state index contributed by atoms with van der Waals surface area (Å²) in [7, 11) is 0. The van der Waals surface area contributed by atoms with Gasteiger partial charge in [-0.2, -0.15) is 0 Å². The van der Waals surface area contributed by atoms with Gasteiger partial charge >= 0.3 is 0 Å². The number of rotatable bonds is 3. The molecule has 22 heavy (non-hydrogen) atoms. The number of Topliss-reactive ketones (excluding diaryl/α,β-unsaturated/α-hetero) is 2. The van der Waals surface area contributed by atoms with Crippen LogP contribution in [0.3, 0.4) is 0 Å². The minimum Gasteiger partial charge on any atom is -0.299 e. The normalized spacial score (nSPS) is 25.4. The molecule has 0 N–H and O–H groups in total. The van der Waals surface area contributed by atoms with Crippen molar-refractivity contribution in [2.45, 2.75) is 58.8 Å². The van der Waals surface area contributed by atoms with Gasteiger partial charge in [0.25, 0.3) is 0 Å². The number of aryl methyl sites for hydroxylation is 2. The number of hydrogen-bond acceptors (Lipinski definition) is 3. The summed E-state index contributed by atoms with van der Waals surface area (Å²) >= 11 is 0. The fourth-order valence-electron chi connectivity index (χ4n) is 3.88. The van der Waals surface area contributed by atoms with E-state index in [2.05, 4.69) is 4.98 Å². The molecule has 0 aromatic carbocycles. The molecule has 0 saturated heterocycles. The second-order valence-corrected chi connectivity index (χ2v) is 6.76. The molecule has 0 spiro atoms. The van der Waals surface area contributed by atoms with Gasteiger partial charge in [-0.05, 0) is 63.7 Å². The van der Waals surface area contributed by atoms with Gasteiger partial charge in [-0.25, -0.2) is 0 Å². The maximum Gasteiger partial charge on any atom is 0.158 e. The van der Waals surface area contributed by atoms with Gasteiger partial charge in [-0.15, -0.1) is 0 Å². The van der Waals surface area contributed by atoms with Crippen molar-refractivity contribution < 1.29 is 9.59 Å². The molecule has 3 rings (SSSR count). The number of ketones is 2. The summed E-state index contributed by atoms with van der Waals surface area (Å²) in [6, 6.07) is 6.00. The smallest absolute Gasteiger partial charge is 0.158 e. The van der Waals surface area contributed by atoms with Gasteiger partial charge < -0.3 is 0 Å². The lowest BCUT2D eigenvalue weighted by molar-refractivity contribution is -0.129. The van der Waals surface area contributed by atoms with Crippen LogP contribution >= 0.6 is 0 Å². The SMILES string of the molecule is Cc1cccc(CCC2=C3CCCC(=O)C3(C)CCC2=O)n1. The fraction of sp³-hybridized carbons (Fsp3) is 0.526. The Morgan fingerprint density at radius 2 is 1.95 bits per heavy atom. The molecule has 116 valence electrons. The fourth-order valence-corrected chi connectivity index (χ4v) is 3.88. The molecule has 0 aliphatic heterocycles. The van der Waals surface area contributed by atoms with Gasteiger partial charge in [0.1, 0.15) is 5.78 Å². The molecule has 1 aromatic heterocycles. The largest absolute Gasteiger partial charge is 0.299 e. The van der Waals surface area contributed by atoms with Crippen molar-refractivity contribution in [3.63, 3.8) is 0 Å². The molecule has 0 bridgehead atoms. The summed E-state index contributed by atoms with van der Waals surface area (Å²) in [6.07, 6.45) is 5.17. The van der Waals surface area contributed by atoms with Crippen LogP contribution in [0.5, 0.6) is 0 Å². The summed E-state index contributed by atoms with van der Waals surface area (Å²) < 4.78 is 0. The van der Waals surface area contributed by atoms with E-state index in [1.165, 1.54) is 0 Å². The Balaban J connectivity index is 1.87. The minimum atomic E-state index is -0.373. The van der Waals surface area contributed by atoms with Crippen LogP contribution < -0.4 is 0 Å². The molecule has 0 radical (unpaired) electrons. The van der Waals surface area contributed by atoms with Crippen LogP contribution in [0.4, 0.5) is 0 Å². The third-order valence-corrected chi connectivity index (χ3v) is 5.24. The van der Waals surface area contributed by atoms with Crippen LogP contribution in [-0.2, 0) is 16.0 Å². The van der Waals surface area contributed by atoms with Gasteiger partial charge in [-0.3, -0.25) is 14.6 Å². The Hall–Kier alpha value is -1.77. The van der Waals surface area contributed by atoms with E-state index >= 15 is 0 Å². The van der Waals surface area contributed by atoms with Gasteiger partial charge in [0.05, 0.1) is 0 Å². The first-order valence-electron chi connectivity index (χ1n) is 8.22. The number of fused-ring (bicyclic) bond motifs is 1. The number of carbonyl (C=O) groups is 2. The van der Waals surface area contributed by atoms with Crippen LogP contribution in [0.25, 0.3) is 0 Å². The quantitative estimate of drug-likeness (QED) is 0.854. The van der Waals surface area contributed by atoms with Crippen LogP contribution in [0, 0.1) is 12.3 Å². The molecule has 1 unspecified atom stereocenters. The van der Waals surface area contributed by atoms with Crippen LogP contribution in [0.1, 0.15) is 56.8 Å². The highest BCUT2D eigenvalue weighted by molar-refractivity contribution is 6.01. The maximum atomic E-state index is 12.4. The van der Waals surface area contributed by atoms with E-state index in [1.54, 1.807) is 0 Å². The molecule has 3 nitrogen and oxygen atoms in total. The van der Waals surface area contributed by atoms with E-state index < -0.39 is 0 Å². The molecule has 2 aliphatic carbocycles. The first-order valence-corrected chi connectivity index (χ1v) is 8.22. The highest BCUT2D eigenvalue weighted by atomic mass is 16.1. The third-order valence-electron chi connectivity index (χ3n) is 5.24. The zero-order valence-electron chi connectivity index (χ0n) is 13.4. The zero-order chi connectivity index (χ0) is 15.7. The number of hydrogen-bond donors (Lipinski definition) is 0. The summed E-state index contributed by atoms with van der Waals surface area (Å²) in [6.45, 7) is 4.02. The average Bonchev–Trinajstić information content (AvgIpc) is 2.49.